The van der Waals surface area contributed by atoms with Crippen LogP contribution in [0.2, 0.25) is 0 Å². The molecule has 1 heterocycles. The van der Waals surface area contributed by atoms with E-state index in [0.29, 0.717) is 12.5 Å². The first-order valence-corrected chi connectivity index (χ1v) is 8.15. The largest absolute Gasteiger partial charge is 0.396 e. The van der Waals surface area contributed by atoms with E-state index in [-0.39, 0.29) is 17.9 Å². The van der Waals surface area contributed by atoms with Crippen molar-refractivity contribution in [3.8, 4) is 0 Å². The number of aliphatic hydroxyl groups excluding tert-OH is 1. The number of rotatable bonds is 5. The van der Waals surface area contributed by atoms with Crippen molar-refractivity contribution in [2.24, 2.45) is 5.41 Å². The van der Waals surface area contributed by atoms with E-state index in [2.05, 4.69) is 37.1 Å². The van der Waals surface area contributed by atoms with Crippen LogP contribution in [0.3, 0.4) is 0 Å². The fraction of sp³-hybridized carbons (Fsp3) is 0.611. The molecule has 1 aromatic carbocycles. The van der Waals surface area contributed by atoms with Crippen molar-refractivity contribution < 1.29 is 9.90 Å². The third-order valence-corrected chi connectivity index (χ3v) is 4.47. The SMILES string of the molecule is CC(C)c1ccccc1NC(=O)CN1CCCC(C)(CO)C1. The third-order valence-electron chi connectivity index (χ3n) is 4.47. The van der Waals surface area contributed by atoms with Gasteiger partial charge < -0.3 is 10.4 Å². The molecule has 1 aliphatic rings. The van der Waals surface area contributed by atoms with Gasteiger partial charge in [0.2, 0.25) is 5.91 Å². The quantitative estimate of drug-likeness (QED) is 0.879. The monoisotopic (exact) mass is 304 g/mol. The van der Waals surface area contributed by atoms with Crippen LogP contribution in [0.4, 0.5) is 5.69 Å². The molecule has 2 rings (SSSR count). The van der Waals surface area contributed by atoms with Gasteiger partial charge in [-0.3, -0.25) is 9.69 Å². The Labute approximate surface area is 133 Å². The summed E-state index contributed by atoms with van der Waals surface area (Å²) in [6.07, 6.45) is 2.06. The van der Waals surface area contributed by atoms with Gasteiger partial charge in [-0.1, -0.05) is 39.0 Å². The second-order valence-electron chi connectivity index (χ2n) is 7.07. The molecule has 0 bridgehead atoms. The molecule has 122 valence electrons. The molecular weight excluding hydrogens is 276 g/mol. The summed E-state index contributed by atoms with van der Waals surface area (Å²) in [7, 11) is 0. The molecule has 0 aromatic heterocycles. The lowest BCUT2D eigenvalue weighted by Crippen LogP contribution is -2.46. The Bertz CT molecular complexity index is 516. The Balaban J connectivity index is 1.96. The molecule has 1 aliphatic heterocycles. The molecule has 1 unspecified atom stereocenters. The van der Waals surface area contributed by atoms with Crippen LogP contribution < -0.4 is 5.32 Å². The van der Waals surface area contributed by atoms with Gasteiger partial charge in [-0.05, 0) is 36.9 Å². The topological polar surface area (TPSA) is 52.6 Å². The van der Waals surface area contributed by atoms with E-state index < -0.39 is 0 Å². The van der Waals surface area contributed by atoms with Crippen LogP contribution in [0, 0.1) is 5.41 Å². The number of piperidine rings is 1. The Hall–Kier alpha value is -1.39. The van der Waals surface area contributed by atoms with Gasteiger partial charge in [-0.25, -0.2) is 0 Å². The van der Waals surface area contributed by atoms with Crippen LogP contribution in [-0.4, -0.2) is 42.2 Å². The van der Waals surface area contributed by atoms with Crippen molar-refractivity contribution in [1.82, 2.24) is 4.90 Å². The highest BCUT2D eigenvalue weighted by atomic mass is 16.3. The highest BCUT2D eigenvalue weighted by molar-refractivity contribution is 5.93. The first kappa shape index (κ1) is 17.0. The number of hydrogen-bond donors (Lipinski definition) is 2. The van der Waals surface area contributed by atoms with Gasteiger partial charge in [0, 0.05) is 24.3 Å². The summed E-state index contributed by atoms with van der Waals surface area (Å²) in [5.41, 5.74) is 1.99. The molecular formula is C18H28N2O2. The summed E-state index contributed by atoms with van der Waals surface area (Å²) in [4.78, 5) is 14.5. The number of para-hydroxylation sites is 1. The molecule has 1 saturated heterocycles. The number of hydrogen-bond acceptors (Lipinski definition) is 3. The minimum absolute atomic E-state index is 0.0234. The molecule has 4 heteroatoms. The zero-order chi connectivity index (χ0) is 16.2. The molecule has 1 atom stereocenters. The van der Waals surface area contributed by atoms with Gasteiger partial charge in [0.1, 0.15) is 0 Å². The molecule has 2 N–H and O–H groups in total. The first-order valence-electron chi connectivity index (χ1n) is 8.15. The van der Waals surface area contributed by atoms with Crippen LogP contribution in [-0.2, 0) is 4.79 Å². The Morgan fingerprint density at radius 3 is 2.82 bits per heavy atom. The summed E-state index contributed by atoms with van der Waals surface area (Å²) >= 11 is 0. The second kappa shape index (κ2) is 7.25. The molecule has 0 aliphatic carbocycles. The van der Waals surface area contributed by atoms with E-state index in [1.807, 2.05) is 18.2 Å². The molecule has 0 spiro atoms. The minimum Gasteiger partial charge on any atom is -0.396 e. The number of anilines is 1. The fourth-order valence-electron chi connectivity index (χ4n) is 3.20. The first-order chi connectivity index (χ1) is 10.4. The van der Waals surface area contributed by atoms with Crippen molar-refractivity contribution >= 4 is 11.6 Å². The minimum atomic E-state index is -0.0750. The summed E-state index contributed by atoms with van der Waals surface area (Å²) in [5.74, 6) is 0.402. The Morgan fingerprint density at radius 1 is 1.41 bits per heavy atom. The maximum absolute atomic E-state index is 12.3. The summed E-state index contributed by atoms with van der Waals surface area (Å²) < 4.78 is 0. The highest BCUT2D eigenvalue weighted by Crippen LogP contribution is 2.28. The average Bonchev–Trinajstić information content (AvgIpc) is 2.47. The normalized spacial score (nSPS) is 22.8. The standard InChI is InChI=1S/C18H28N2O2/c1-14(2)15-7-4-5-8-16(15)19-17(22)11-20-10-6-9-18(3,12-20)13-21/h4-5,7-8,14,21H,6,9-13H2,1-3H3,(H,19,22). The van der Waals surface area contributed by atoms with E-state index in [4.69, 9.17) is 0 Å². The van der Waals surface area contributed by atoms with Gasteiger partial charge in [-0.2, -0.15) is 0 Å². The van der Waals surface area contributed by atoms with E-state index >= 15 is 0 Å². The van der Waals surface area contributed by atoms with E-state index in [1.54, 1.807) is 0 Å². The van der Waals surface area contributed by atoms with Gasteiger partial charge in [0.25, 0.3) is 0 Å². The predicted octanol–water partition coefficient (Wildman–Crippen LogP) is 2.84. The lowest BCUT2D eigenvalue weighted by atomic mass is 9.83. The van der Waals surface area contributed by atoms with Crippen molar-refractivity contribution in [3.05, 3.63) is 29.8 Å². The van der Waals surface area contributed by atoms with E-state index in [0.717, 1.165) is 37.2 Å². The number of nitrogens with zero attached hydrogens (tertiary/aromatic N) is 1. The van der Waals surface area contributed by atoms with Crippen LogP contribution in [0.1, 0.15) is 45.1 Å². The number of likely N-dealkylation sites (tertiary alicyclic amines) is 1. The number of aliphatic hydroxyl groups is 1. The molecule has 0 radical (unpaired) electrons. The van der Waals surface area contributed by atoms with Gasteiger partial charge >= 0.3 is 0 Å². The number of carbonyl (C=O) groups excluding carboxylic acids is 1. The van der Waals surface area contributed by atoms with E-state index in [9.17, 15) is 9.90 Å². The summed E-state index contributed by atoms with van der Waals surface area (Å²) in [6, 6.07) is 7.97. The summed E-state index contributed by atoms with van der Waals surface area (Å²) in [6.45, 7) is 8.62. The van der Waals surface area contributed by atoms with Crippen molar-refractivity contribution in [3.63, 3.8) is 0 Å². The molecule has 4 nitrogen and oxygen atoms in total. The van der Waals surface area contributed by atoms with Gasteiger partial charge in [0.05, 0.1) is 6.54 Å². The van der Waals surface area contributed by atoms with Crippen molar-refractivity contribution in [2.75, 3.05) is 31.6 Å². The predicted molar refractivity (Wildman–Crippen MR) is 90.0 cm³/mol. The molecule has 0 saturated carbocycles. The van der Waals surface area contributed by atoms with Gasteiger partial charge in [0.15, 0.2) is 0 Å². The van der Waals surface area contributed by atoms with Crippen LogP contribution in [0.15, 0.2) is 24.3 Å². The van der Waals surface area contributed by atoms with Crippen molar-refractivity contribution in [1.29, 1.82) is 0 Å². The van der Waals surface area contributed by atoms with E-state index in [1.165, 1.54) is 0 Å². The molecule has 22 heavy (non-hydrogen) atoms. The number of amides is 1. The zero-order valence-corrected chi connectivity index (χ0v) is 13.9. The summed E-state index contributed by atoms with van der Waals surface area (Å²) in [5, 5.41) is 12.5. The maximum atomic E-state index is 12.3. The lowest BCUT2D eigenvalue weighted by molar-refractivity contribution is -0.118. The lowest BCUT2D eigenvalue weighted by Gasteiger charge is -2.38. The second-order valence-corrected chi connectivity index (χ2v) is 7.07. The highest BCUT2D eigenvalue weighted by Gasteiger charge is 2.31. The smallest absolute Gasteiger partial charge is 0.238 e. The molecule has 1 amide bonds. The van der Waals surface area contributed by atoms with Crippen molar-refractivity contribution in [2.45, 2.75) is 39.5 Å². The van der Waals surface area contributed by atoms with Crippen LogP contribution in [0.25, 0.3) is 0 Å². The molecule has 1 fully saturated rings. The average molecular weight is 304 g/mol. The van der Waals surface area contributed by atoms with Gasteiger partial charge in [-0.15, -0.1) is 0 Å². The number of nitrogens with one attached hydrogen (secondary N) is 1. The van der Waals surface area contributed by atoms with Crippen LogP contribution >= 0.6 is 0 Å². The Kier molecular flexibility index (Phi) is 5.59. The fourth-order valence-corrected chi connectivity index (χ4v) is 3.20. The maximum Gasteiger partial charge on any atom is 0.238 e. The third kappa shape index (κ3) is 4.31. The number of carbonyl (C=O) groups is 1. The van der Waals surface area contributed by atoms with Crippen LogP contribution in [0.5, 0.6) is 0 Å². The zero-order valence-electron chi connectivity index (χ0n) is 13.9. The molecule has 1 aromatic rings. The number of benzene rings is 1. The Morgan fingerprint density at radius 2 is 2.14 bits per heavy atom.